The molecule has 8 nitrogen and oxygen atoms in total. The number of benzene rings is 2. The van der Waals surface area contributed by atoms with Gasteiger partial charge in [0.1, 0.15) is 11.5 Å². The lowest BCUT2D eigenvalue weighted by Gasteiger charge is -2.30. The smallest absolute Gasteiger partial charge is 0.309 e. The van der Waals surface area contributed by atoms with Crippen LogP contribution in [0.5, 0.6) is 11.5 Å². The summed E-state index contributed by atoms with van der Waals surface area (Å²) in [4.78, 5) is 24.8. The summed E-state index contributed by atoms with van der Waals surface area (Å²) >= 11 is 0. The van der Waals surface area contributed by atoms with Gasteiger partial charge in [0.2, 0.25) is 10.0 Å². The number of nitrogens with zero attached hydrogens (tertiary/aromatic N) is 1. The minimum atomic E-state index is -3.65. The van der Waals surface area contributed by atoms with E-state index in [1.807, 2.05) is 6.92 Å². The molecule has 1 fully saturated rings. The number of carbonyl (C=O) groups excluding carboxylic acids is 2. The number of rotatable bonds is 9. The first kappa shape index (κ1) is 23.7. The van der Waals surface area contributed by atoms with Crippen LogP contribution in [-0.2, 0) is 19.6 Å². The molecule has 172 valence electrons. The van der Waals surface area contributed by atoms with Gasteiger partial charge < -0.3 is 14.2 Å². The van der Waals surface area contributed by atoms with Gasteiger partial charge in [-0.1, -0.05) is 0 Å². The van der Waals surface area contributed by atoms with Gasteiger partial charge in [0.05, 0.1) is 24.5 Å². The third-order valence-corrected chi connectivity index (χ3v) is 7.23. The Bertz CT molecular complexity index is 1030. The summed E-state index contributed by atoms with van der Waals surface area (Å²) in [6, 6.07) is 12.8. The van der Waals surface area contributed by atoms with Crippen molar-refractivity contribution in [3.63, 3.8) is 0 Å². The zero-order valence-corrected chi connectivity index (χ0v) is 19.0. The molecule has 32 heavy (non-hydrogen) atoms. The largest absolute Gasteiger partial charge is 0.497 e. The van der Waals surface area contributed by atoms with Crippen LogP contribution in [0.1, 0.15) is 30.1 Å². The molecule has 9 heteroatoms. The van der Waals surface area contributed by atoms with Crippen LogP contribution in [0.25, 0.3) is 0 Å². The Kier molecular flexibility index (Phi) is 7.87. The van der Waals surface area contributed by atoms with Crippen molar-refractivity contribution in [2.75, 3.05) is 33.4 Å². The number of methoxy groups -OCH3 is 1. The van der Waals surface area contributed by atoms with Gasteiger partial charge in [0.15, 0.2) is 12.4 Å². The summed E-state index contributed by atoms with van der Waals surface area (Å²) < 4.78 is 42.7. The molecule has 1 aliphatic rings. The van der Waals surface area contributed by atoms with Crippen molar-refractivity contribution in [3.8, 4) is 11.5 Å². The number of sulfonamides is 1. The van der Waals surface area contributed by atoms with Crippen molar-refractivity contribution in [1.82, 2.24) is 4.31 Å². The zero-order chi connectivity index (χ0) is 23.1. The van der Waals surface area contributed by atoms with Crippen LogP contribution in [-0.4, -0.2) is 57.9 Å². The molecule has 0 bridgehead atoms. The van der Waals surface area contributed by atoms with Crippen LogP contribution in [0.4, 0.5) is 0 Å². The number of hydrogen-bond acceptors (Lipinski definition) is 7. The maximum atomic E-state index is 12.9. The fourth-order valence-corrected chi connectivity index (χ4v) is 4.94. The average Bonchev–Trinajstić information content (AvgIpc) is 2.83. The van der Waals surface area contributed by atoms with E-state index in [4.69, 9.17) is 14.2 Å². The van der Waals surface area contributed by atoms with Crippen molar-refractivity contribution in [1.29, 1.82) is 0 Å². The number of ketones is 1. The standard InChI is InChI=1S/C23H27NO7S/c1-3-30-20-8-10-21(11-9-20)32(27,28)24-14-12-18(13-15-24)23(26)31-16-22(25)17-4-6-19(29-2)7-5-17/h4-11,18H,3,12-16H2,1-2H3. The van der Waals surface area contributed by atoms with Gasteiger partial charge in [0.25, 0.3) is 0 Å². The average molecular weight is 462 g/mol. The Morgan fingerprint density at radius 1 is 0.969 bits per heavy atom. The lowest BCUT2D eigenvalue weighted by atomic mass is 9.98. The first-order valence-corrected chi connectivity index (χ1v) is 11.9. The predicted molar refractivity (Wildman–Crippen MR) is 117 cm³/mol. The predicted octanol–water partition coefficient (Wildman–Crippen LogP) is 2.92. The maximum Gasteiger partial charge on any atom is 0.309 e. The molecule has 0 aromatic heterocycles. The summed E-state index contributed by atoms with van der Waals surface area (Å²) in [5, 5.41) is 0. The highest BCUT2D eigenvalue weighted by molar-refractivity contribution is 7.89. The van der Waals surface area contributed by atoms with Crippen molar-refractivity contribution in [2.24, 2.45) is 5.92 Å². The summed E-state index contributed by atoms with van der Waals surface area (Å²) in [6.07, 6.45) is 0.678. The SMILES string of the molecule is CCOc1ccc(S(=O)(=O)N2CCC(C(=O)OCC(=O)c3ccc(OC)cc3)CC2)cc1. The van der Waals surface area contributed by atoms with E-state index < -0.39 is 21.9 Å². The van der Waals surface area contributed by atoms with E-state index in [1.165, 1.54) is 23.5 Å². The molecule has 3 rings (SSSR count). The van der Waals surface area contributed by atoms with Crippen LogP contribution in [0.3, 0.4) is 0 Å². The summed E-state index contributed by atoms with van der Waals surface area (Å²) in [5.74, 6) is 0.00882. The van der Waals surface area contributed by atoms with E-state index in [0.29, 0.717) is 36.5 Å². The van der Waals surface area contributed by atoms with E-state index in [0.717, 1.165) is 0 Å². The molecule has 1 heterocycles. The zero-order valence-electron chi connectivity index (χ0n) is 18.2. The molecule has 0 radical (unpaired) electrons. The van der Waals surface area contributed by atoms with E-state index in [9.17, 15) is 18.0 Å². The highest BCUT2D eigenvalue weighted by Gasteiger charge is 2.33. The van der Waals surface area contributed by atoms with Crippen LogP contribution >= 0.6 is 0 Å². The van der Waals surface area contributed by atoms with Gasteiger partial charge >= 0.3 is 5.97 Å². The van der Waals surface area contributed by atoms with Crippen molar-refractivity contribution < 1.29 is 32.2 Å². The number of Topliss-reactive ketones (excluding diaryl/α,β-unsaturated/α-hetero) is 1. The fourth-order valence-electron chi connectivity index (χ4n) is 3.47. The summed E-state index contributed by atoms with van der Waals surface area (Å²) in [7, 11) is -2.11. The number of ether oxygens (including phenoxy) is 3. The molecule has 1 saturated heterocycles. The second-order valence-corrected chi connectivity index (χ2v) is 9.28. The van der Waals surface area contributed by atoms with E-state index in [1.54, 1.807) is 36.4 Å². The van der Waals surface area contributed by atoms with Gasteiger partial charge in [0, 0.05) is 18.7 Å². The van der Waals surface area contributed by atoms with Gasteiger partial charge in [-0.25, -0.2) is 8.42 Å². The Hall–Kier alpha value is -2.91. The van der Waals surface area contributed by atoms with Crippen LogP contribution in [0.2, 0.25) is 0 Å². The molecule has 2 aromatic rings. The Morgan fingerprint density at radius 2 is 1.56 bits per heavy atom. The summed E-state index contributed by atoms with van der Waals surface area (Å²) in [5.41, 5.74) is 0.426. The minimum Gasteiger partial charge on any atom is -0.497 e. The highest BCUT2D eigenvalue weighted by atomic mass is 32.2. The topological polar surface area (TPSA) is 99.2 Å². The Morgan fingerprint density at radius 3 is 2.12 bits per heavy atom. The van der Waals surface area contributed by atoms with Crippen molar-refractivity contribution in [3.05, 3.63) is 54.1 Å². The van der Waals surface area contributed by atoms with E-state index in [-0.39, 0.29) is 30.4 Å². The van der Waals surface area contributed by atoms with Crippen LogP contribution < -0.4 is 9.47 Å². The van der Waals surface area contributed by atoms with Gasteiger partial charge in [-0.15, -0.1) is 0 Å². The fraction of sp³-hybridized carbons (Fsp3) is 0.391. The molecular formula is C23H27NO7S. The molecule has 0 saturated carbocycles. The van der Waals surface area contributed by atoms with Gasteiger partial charge in [-0.3, -0.25) is 9.59 Å². The molecule has 0 amide bonds. The molecule has 0 aliphatic carbocycles. The van der Waals surface area contributed by atoms with Crippen LogP contribution in [0.15, 0.2) is 53.4 Å². The molecular weight excluding hydrogens is 434 g/mol. The third kappa shape index (κ3) is 5.66. The van der Waals surface area contributed by atoms with Gasteiger partial charge in [-0.05, 0) is 68.3 Å². The minimum absolute atomic E-state index is 0.187. The van der Waals surface area contributed by atoms with Crippen molar-refractivity contribution in [2.45, 2.75) is 24.7 Å². The Labute approximate surface area is 188 Å². The molecule has 0 spiro atoms. The van der Waals surface area contributed by atoms with E-state index in [2.05, 4.69) is 0 Å². The second kappa shape index (κ2) is 10.6. The molecule has 0 atom stereocenters. The summed E-state index contributed by atoms with van der Waals surface area (Å²) in [6.45, 7) is 2.43. The quantitative estimate of drug-likeness (QED) is 0.418. The van der Waals surface area contributed by atoms with Crippen LogP contribution in [0, 0.1) is 5.92 Å². The first-order valence-electron chi connectivity index (χ1n) is 10.4. The molecule has 0 N–H and O–H groups in total. The number of hydrogen-bond donors (Lipinski definition) is 0. The van der Waals surface area contributed by atoms with Crippen molar-refractivity contribution >= 4 is 21.8 Å². The normalized spacial score (nSPS) is 15.2. The second-order valence-electron chi connectivity index (χ2n) is 7.34. The third-order valence-electron chi connectivity index (χ3n) is 5.32. The molecule has 2 aromatic carbocycles. The maximum absolute atomic E-state index is 12.9. The number of piperidine rings is 1. The first-order chi connectivity index (χ1) is 15.3. The van der Waals surface area contributed by atoms with Gasteiger partial charge in [-0.2, -0.15) is 4.31 Å². The number of carbonyl (C=O) groups is 2. The lowest BCUT2D eigenvalue weighted by Crippen LogP contribution is -2.40. The number of esters is 1. The lowest BCUT2D eigenvalue weighted by molar-refractivity contribution is -0.148. The Balaban J connectivity index is 1.50. The highest BCUT2D eigenvalue weighted by Crippen LogP contribution is 2.26. The molecule has 1 aliphatic heterocycles. The molecule has 0 unspecified atom stereocenters. The monoisotopic (exact) mass is 461 g/mol. The van der Waals surface area contributed by atoms with E-state index >= 15 is 0 Å².